The average Bonchev–Trinajstić information content (AvgIpc) is 2.50. The second kappa shape index (κ2) is 5.56. The SMILES string of the molecule is CC(C[C](=[Cr])N1CCCC1)OS(C)(=O)=O. The zero-order chi connectivity index (χ0) is 11.5. The Kier molecular flexibility index (Phi) is 4.94. The first kappa shape index (κ1) is 13.3. The van der Waals surface area contributed by atoms with Crippen molar-refractivity contribution >= 4 is 14.6 Å². The van der Waals surface area contributed by atoms with Crippen LogP contribution in [0.2, 0.25) is 0 Å². The summed E-state index contributed by atoms with van der Waals surface area (Å²) in [5.41, 5.74) is 0. The van der Waals surface area contributed by atoms with E-state index in [2.05, 4.69) is 20.8 Å². The molecule has 15 heavy (non-hydrogen) atoms. The van der Waals surface area contributed by atoms with E-state index in [0.717, 1.165) is 23.8 Å². The molecule has 1 aliphatic heterocycles. The fourth-order valence-electron chi connectivity index (χ4n) is 1.67. The fraction of sp³-hybridized carbons (Fsp3) is 0.889. The van der Waals surface area contributed by atoms with Gasteiger partial charge in [0.15, 0.2) is 0 Å². The van der Waals surface area contributed by atoms with Crippen LogP contribution >= 0.6 is 0 Å². The predicted molar refractivity (Wildman–Crippen MR) is 55.8 cm³/mol. The third kappa shape index (κ3) is 5.23. The van der Waals surface area contributed by atoms with Crippen molar-refractivity contribution in [2.75, 3.05) is 19.3 Å². The number of rotatable bonds is 5. The molecular formula is C9H17CrNO3S. The van der Waals surface area contributed by atoms with E-state index in [-0.39, 0.29) is 6.10 Å². The molecule has 1 heterocycles. The van der Waals surface area contributed by atoms with Crippen LogP contribution in [0.3, 0.4) is 0 Å². The molecule has 0 aromatic rings. The molecule has 1 unspecified atom stereocenters. The van der Waals surface area contributed by atoms with Crippen molar-refractivity contribution in [3.05, 3.63) is 0 Å². The molecule has 0 amide bonds. The van der Waals surface area contributed by atoms with Gasteiger partial charge in [-0.05, 0) is 0 Å². The van der Waals surface area contributed by atoms with Crippen LogP contribution in [0.5, 0.6) is 0 Å². The molecule has 1 atom stereocenters. The van der Waals surface area contributed by atoms with E-state index in [4.69, 9.17) is 4.18 Å². The van der Waals surface area contributed by atoms with Crippen molar-refractivity contribution in [1.29, 1.82) is 0 Å². The number of likely N-dealkylation sites (tertiary alicyclic amines) is 1. The Labute approximate surface area is 99.7 Å². The van der Waals surface area contributed by atoms with Crippen LogP contribution in [0.25, 0.3) is 0 Å². The third-order valence-corrected chi connectivity index (χ3v) is 3.60. The molecule has 1 fully saturated rings. The zero-order valence-corrected chi connectivity index (χ0v) is 11.2. The first-order valence-electron chi connectivity index (χ1n) is 5.04. The minimum absolute atomic E-state index is 0.295. The van der Waals surface area contributed by atoms with E-state index in [1.54, 1.807) is 6.92 Å². The van der Waals surface area contributed by atoms with Crippen LogP contribution in [-0.2, 0) is 30.2 Å². The van der Waals surface area contributed by atoms with Crippen molar-refractivity contribution in [3.8, 4) is 0 Å². The topological polar surface area (TPSA) is 46.6 Å². The van der Waals surface area contributed by atoms with Gasteiger partial charge in [-0.1, -0.05) is 0 Å². The van der Waals surface area contributed by atoms with Gasteiger partial charge in [0.2, 0.25) is 0 Å². The summed E-state index contributed by atoms with van der Waals surface area (Å²) in [5.74, 6) is 0. The Bertz CT molecular complexity index is 322. The maximum atomic E-state index is 10.9. The molecule has 0 aliphatic carbocycles. The van der Waals surface area contributed by atoms with Gasteiger partial charge in [-0.15, -0.1) is 0 Å². The van der Waals surface area contributed by atoms with Gasteiger partial charge < -0.3 is 0 Å². The van der Waals surface area contributed by atoms with Gasteiger partial charge in [0.1, 0.15) is 0 Å². The van der Waals surface area contributed by atoms with Gasteiger partial charge in [0.25, 0.3) is 0 Å². The van der Waals surface area contributed by atoms with Gasteiger partial charge in [0.05, 0.1) is 0 Å². The first-order chi connectivity index (χ1) is 6.88. The second-order valence-corrected chi connectivity index (χ2v) is 6.24. The number of hydrogen-bond donors (Lipinski definition) is 0. The van der Waals surface area contributed by atoms with E-state index in [1.807, 2.05) is 0 Å². The molecule has 1 rings (SSSR count). The Morgan fingerprint density at radius 1 is 1.47 bits per heavy atom. The van der Waals surface area contributed by atoms with Crippen LogP contribution in [0.1, 0.15) is 26.2 Å². The summed E-state index contributed by atoms with van der Waals surface area (Å²) in [4.78, 5) is 2.25. The van der Waals surface area contributed by atoms with Crippen molar-refractivity contribution in [1.82, 2.24) is 4.90 Å². The molecule has 88 valence electrons. The predicted octanol–water partition coefficient (Wildman–Crippen LogP) is 0.514. The van der Waals surface area contributed by atoms with Gasteiger partial charge >= 0.3 is 99.6 Å². The van der Waals surface area contributed by atoms with Crippen LogP contribution in [0.15, 0.2) is 0 Å². The van der Waals surface area contributed by atoms with E-state index < -0.39 is 10.1 Å². The monoisotopic (exact) mass is 271 g/mol. The minimum atomic E-state index is -3.34. The average molecular weight is 271 g/mol. The third-order valence-electron chi connectivity index (χ3n) is 2.26. The zero-order valence-electron chi connectivity index (χ0n) is 9.10. The summed E-state index contributed by atoms with van der Waals surface area (Å²) in [7, 11) is -3.34. The van der Waals surface area contributed by atoms with Gasteiger partial charge in [0, 0.05) is 0 Å². The van der Waals surface area contributed by atoms with Gasteiger partial charge in [-0.3, -0.25) is 0 Å². The van der Waals surface area contributed by atoms with Crippen LogP contribution in [-0.4, -0.2) is 43.3 Å². The van der Waals surface area contributed by atoms with Crippen LogP contribution < -0.4 is 0 Å². The maximum absolute atomic E-state index is 10.9. The molecule has 6 heteroatoms. The molecule has 0 aromatic carbocycles. The van der Waals surface area contributed by atoms with E-state index in [1.165, 1.54) is 12.8 Å². The normalized spacial score (nSPS) is 20.4. The molecule has 0 spiro atoms. The summed E-state index contributed by atoms with van der Waals surface area (Å²) < 4.78 is 27.8. The summed E-state index contributed by atoms with van der Waals surface area (Å²) in [6.07, 6.45) is 3.85. The summed E-state index contributed by atoms with van der Waals surface area (Å²) in [5, 5.41) is 0. The van der Waals surface area contributed by atoms with E-state index in [9.17, 15) is 8.42 Å². The van der Waals surface area contributed by atoms with Crippen LogP contribution in [0, 0.1) is 0 Å². The summed E-state index contributed by atoms with van der Waals surface area (Å²) >= 11 is 3.00. The quantitative estimate of drug-likeness (QED) is 0.684. The number of hydrogen-bond acceptors (Lipinski definition) is 4. The molecule has 1 saturated heterocycles. The molecule has 0 radical (unpaired) electrons. The summed E-state index contributed by atoms with van der Waals surface area (Å²) in [6.45, 7) is 3.90. The van der Waals surface area contributed by atoms with Crippen LogP contribution in [0.4, 0.5) is 0 Å². The summed E-state index contributed by atoms with van der Waals surface area (Å²) in [6, 6.07) is 0. The first-order valence-corrected chi connectivity index (χ1v) is 7.50. The molecule has 0 bridgehead atoms. The molecule has 4 nitrogen and oxygen atoms in total. The Morgan fingerprint density at radius 2 is 2.00 bits per heavy atom. The Morgan fingerprint density at radius 3 is 2.47 bits per heavy atom. The molecule has 0 N–H and O–H groups in total. The second-order valence-electron chi connectivity index (χ2n) is 3.90. The molecule has 1 aliphatic rings. The molecular weight excluding hydrogens is 254 g/mol. The van der Waals surface area contributed by atoms with Crippen molar-refractivity contribution in [3.63, 3.8) is 0 Å². The number of nitrogens with zero attached hydrogens (tertiary/aromatic N) is 1. The van der Waals surface area contributed by atoms with Crippen molar-refractivity contribution in [2.24, 2.45) is 0 Å². The van der Waals surface area contributed by atoms with E-state index in [0.29, 0.717) is 6.42 Å². The van der Waals surface area contributed by atoms with Crippen molar-refractivity contribution in [2.45, 2.75) is 32.3 Å². The van der Waals surface area contributed by atoms with Gasteiger partial charge in [-0.2, -0.15) is 0 Å². The van der Waals surface area contributed by atoms with Crippen molar-refractivity contribution < 1.29 is 28.5 Å². The Hall–Kier alpha value is 0.272. The standard InChI is InChI=1S/C9H17NO3S.Cr/c1-9(13-14(2,11)12)5-8-10-6-3-4-7-10;/h9H,3-7H2,1-2H3;. The fourth-order valence-corrected chi connectivity index (χ4v) is 2.99. The van der Waals surface area contributed by atoms with E-state index >= 15 is 0 Å². The molecule has 0 saturated carbocycles. The van der Waals surface area contributed by atoms with Gasteiger partial charge in [-0.25, -0.2) is 0 Å². The Balaban J connectivity index is 2.37. The molecule has 0 aromatic heterocycles.